The number of nitrogens with two attached hydrogens (primary N) is 1. The Hall–Kier alpha value is -2.37. The van der Waals surface area contributed by atoms with Crippen LogP contribution in [0.5, 0.6) is 0 Å². The van der Waals surface area contributed by atoms with E-state index in [1.54, 1.807) is 0 Å². The topological polar surface area (TPSA) is 72.3 Å². The zero-order valence-corrected chi connectivity index (χ0v) is 13.3. The molecule has 3 rings (SSSR count). The first kappa shape index (κ1) is 14.6. The number of nitrogens with zero attached hydrogens (tertiary/aromatic N) is 5. The van der Waals surface area contributed by atoms with Gasteiger partial charge in [-0.2, -0.15) is 5.10 Å². The molecule has 2 aromatic heterocycles. The SMILES string of the molecule is Cc1cc(C)n(-c2ccc(CN=C(N)N(C)C3CC3)cn2)n1. The van der Waals surface area contributed by atoms with Gasteiger partial charge in [-0.25, -0.2) is 14.7 Å². The van der Waals surface area contributed by atoms with Crippen LogP contribution < -0.4 is 5.73 Å². The third-order valence-electron chi connectivity index (χ3n) is 3.92. The van der Waals surface area contributed by atoms with E-state index in [0.29, 0.717) is 18.5 Å². The minimum Gasteiger partial charge on any atom is -0.370 e. The van der Waals surface area contributed by atoms with Crippen molar-refractivity contribution in [3.63, 3.8) is 0 Å². The molecule has 2 N–H and O–H groups in total. The van der Waals surface area contributed by atoms with Gasteiger partial charge in [-0.3, -0.25) is 0 Å². The second-order valence-electron chi connectivity index (χ2n) is 5.88. The van der Waals surface area contributed by atoms with Crippen LogP contribution in [0.3, 0.4) is 0 Å². The summed E-state index contributed by atoms with van der Waals surface area (Å²) in [5.41, 5.74) is 9.10. The number of rotatable bonds is 4. The summed E-state index contributed by atoms with van der Waals surface area (Å²) in [7, 11) is 2.00. The van der Waals surface area contributed by atoms with Crippen molar-refractivity contribution in [1.82, 2.24) is 19.7 Å². The third-order valence-corrected chi connectivity index (χ3v) is 3.92. The van der Waals surface area contributed by atoms with Gasteiger partial charge in [-0.1, -0.05) is 6.07 Å². The fourth-order valence-corrected chi connectivity index (χ4v) is 2.43. The Bertz CT molecular complexity index is 681. The van der Waals surface area contributed by atoms with Crippen LogP contribution in [0.1, 0.15) is 29.8 Å². The van der Waals surface area contributed by atoms with Gasteiger partial charge in [0, 0.05) is 25.0 Å². The van der Waals surface area contributed by atoms with Gasteiger partial charge in [0.15, 0.2) is 11.8 Å². The van der Waals surface area contributed by atoms with Gasteiger partial charge >= 0.3 is 0 Å². The molecule has 0 aliphatic heterocycles. The zero-order valence-electron chi connectivity index (χ0n) is 13.3. The second-order valence-corrected chi connectivity index (χ2v) is 5.88. The largest absolute Gasteiger partial charge is 0.370 e. The van der Waals surface area contributed by atoms with Gasteiger partial charge in [-0.15, -0.1) is 0 Å². The zero-order chi connectivity index (χ0) is 15.7. The smallest absolute Gasteiger partial charge is 0.191 e. The molecule has 1 saturated carbocycles. The first-order valence-corrected chi connectivity index (χ1v) is 7.56. The van der Waals surface area contributed by atoms with E-state index in [9.17, 15) is 0 Å². The average molecular weight is 298 g/mol. The number of guanidine groups is 1. The lowest BCUT2D eigenvalue weighted by molar-refractivity contribution is 0.487. The number of aryl methyl sites for hydroxylation is 2. The molecular weight excluding hydrogens is 276 g/mol. The normalized spacial score (nSPS) is 15.1. The Morgan fingerprint density at radius 3 is 2.73 bits per heavy atom. The molecule has 2 aromatic rings. The van der Waals surface area contributed by atoms with E-state index in [1.165, 1.54) is 12.8 Å². The molecule has 1 aliphatic rings. The molecule has 116 valence electrons. The van der Waals surface area contributed by atoms with Crippen LogP contribution in [0.25, 0.3) is 5.82 Å². The van der Waals surface area contributed by atoms with Crippen molar-refractivity contribution >= 4 is 5.96 Å². The predicted molar refractivity (Wildman–Crippen MR) is 86.9 cm³/mol. The fourth-order valence-electron chi connectivity index (χ4n) is 2.43. The molecule has 2 heterocycles. The molecular formula is C16H22N6. The minimum atomic E-state index is 0.549. The van der Waals surface area contributed by atoms with E-state index in [-0.39, 0.29) is 0 Å². The van der Waals surface area contributed by atoms with Gasteiger partial charge in [0.25, 0.3) is 0 Å². The molecule has 0 spiro atoms. The maximum absolute atomic E-state index is 5.99. The predicted octanol–water partition coefficient (Wildman–Crippen LogP) is 1.79. The van der Waals surface area contributed by atoms with Crippen LogP contribution in [0.2, 0.25) is 0 Å². The lowest BCUT2D eigenvalue weighted by Crippen LogP contribution is -2.35. The lowest BCUT2D eigenvalue weighted by atomic mass is 10.3. The van der Waals surface area contributed by atoms with Crippen LogP contribution >= 0.6 is 0 Å². The minimum absolute atomic E-state index is 0.549. The van der Waals surface area contributed by atoms with E-state index in [4.69, 9.17) is 5.73 Å². The number of aliphatic imine (C=N–C) groups is 1. The van der Waals surface area contributed by atoms with Crippen molar-refractivity contribution in [3.05, 3.63) is 41.3 Å². The molecule has 0 amide bonds. The van der Waals surface area contributed by atoms with Crippen molar-refractivity contribution in [2.45, 2.75) is 39.3 Å². The number of aromatic nitrogens is 3. The Morgan fingerprint density at radius 2 is 2.18 bits per heavy atom. The van der Waals surface area contributed by atoms with E-state index < -0.39 is 0 Å². The maximum atomic E-state index is 5.99. The average Bonchev–Trinajstić information content (AvgIpc) is 3.30. The van der Waals surface area contributed by atoms with Crippen LogP contribution in [0.15, 0.2) is 29.4 Å². The molecule has 0 saturated heterocycles. The summed E-state index contributed by atoms with van der Waals surface area (Å²) in [6, 6.07) is 6.60. The summed E-state index contributed by atoms with van der Waals surface area (Å²) >= 11 is 0. The standard InChI is InChI=1S/C16H22N6/c1-11-8-12(2)22(20-11)15-7-4-13(9-18-15)10-19-16(17)21(3)14-5-6-14/h4,7-9,14H,5-6,10H2,1-3H3,(H2,17,19). The number of hydrogen-bond acceptors (Lipinski definition) is 3. The Balaban J connectivity index is 1.69. The van der Waals surface area contributed by atoms with Crippen LogP contribution in [0, 0.1) is 13.8 Å². The highest BCUT2D eigenvalue weighted by atomic mass is 15.3. The summed E-state index contributed by atoms with van der Waals surface area (Å²) in [5, 5.41) is 4.43. The molecule has 22 heavy (non-hydrogen) atoms. The second kappa shape index (κ2) is 5.79. The van der Waals surface area contributed by atoms with Crippen molar-refractivity contribution in [2.24, 2.45) is 10.7 Å². The molecule has 6 heteroatoms. The van der Waals surface area contributed by atoms with Crippen LogP contribution in [0.4, 0.5) is 0 Å². The molecule has 0 atom stereocenters. The van der Waals surface area contributed by atoms with Gasteiger partial charge in [0.2, 0.25) is 0 Å². The molecule has 0 radical (unpaired) electrons. The molecule has 0 bridgehead atoms. The maximum Gasteiger partial charge on any atom is 0.191 e. The fraction of sp³-hybridized carbons (Fsp3) is 0.438. The Kier molecular flexibility index (Phi) is 3.83. The highest BCUT2D eigenvalue weighted by Crippen LogP contribution is 2.24. The van der Waals surface area contributed by atoms with Gasteiger partial charge in [0.05, 0.1) is 12.2 Å². The third kappa shape index (κ3) is 3.10. The van der Waals surface area contributed by atoms with E-state index in [0.717, 1.165) is 22.8 Å². The summed E-state index contributed by atoms with van der Waals surface area (Å²) in [4.78, 5) is 11.0. The van der Waals surface area contributed by atoms with Crippen molar-refractivity contribution in [1.29, 1.82) is 0 Å². The van der Waals surface area contributed by atoms with Crippen LogP contribution in [-0.4, -0.2) is 38.7 Å². The van der Waals surface area contributed by atoms with Crippen molar-refractivity contribution in [2.75, 3.05) is 7.05 Å². The number of hydrogen-bond donors (Lipinski definition) is 1. The summed E-state index contributed by atoms with van der Waals surface area (Å²) < 4.78 is 1.84. The van der Waals surface area contributed by atoms with Gasteiger partial charge in [-0.05, 0) is 44.4 Å². The Morgan fingerprint density at radius 1 is 1.41 bits per heavy atom. The monoisotopic (exact) mass is 298 g/mol. The molecule has 6 nitrogen and oxygen atoms in total. The van der Waals surface area contributed by atoms with E-state index >= 15 is 0 Å². The van der Waals surface area contributed by atoms with Gasteiger partial charge < -0.3 is 10.6 Å². The summed E-state index contributed by atoms with van der Waals surface area (Å²) in [6.07, 6.45) is 4.26. The molecule has 0 unspecified atom stereocenters. The molecule has 0 aromatic carbocycles. The number of pyridine rings is 1. The van der Waals surface area contributed by atoms with E-state index in [2.05, 4.69) is 20.0 Å². The molecule has 1 fully saturated rings. The van der Waals surface area contributed by atoms with Gasteiger partial charge in [0.1, 0.15) is 0 Å². The van der Waals surface area contributed by atoms with Crippen molar-refractivity contribution < 1.29 is 0 Å². The quantitative estimate of drug-likeness (QED) is 0.690. The Labute approximate surface area is 130 Å². The van der Waals surface area contributed by atoms with E-state index in [1.807, 2.05) is 50.0 Å². The highest BCUT2D eigenvalue weighted by molar-refractivity contribution is 5.78. The lowest BCUT2D eigenvalue weighted by Gasteiger charge is -2.16. The highest BCUT2D eigenvalue weighted by Gasteiger charge is 2.27. The first-order valence-electron chi connectivity index (χ1n) is 7.56. The first-order chi connectivity index (χ1) is 10.5. The summed E-state index contributed by atoms with van der Waals surface area (Å²) in [5.74, 6) is 1.42. The van der Waals surface area contributed by atoms with Crippen molar-refractivity contribution in [3.8, 4) is 5.82 Å². The summed E-state index contributed by atoms with van der Waals surface area (Å²) in [6.45, 7) is 4.55. The molecule has 1 aliphatic carbocycles. The van der Waals surface area contributed by atoms with Crippen LogP contribution in [-0.2, 0) is 6.54 Å².